The van der Waals surface area contributed by atoms with Gasteiger partial charge in [-0.25, -0.2) is 4.98 Å². The van der Waals surface area contributed by atoms with Crippen LogP contribution in [0.25, 0.3) is 6.08 Å². The van der Waals surface area contributed by atoms with Gasteiger partial charge in [0.05, 0.1) is 28.3 Å². The highest BCUT2D eigenvalue weighted by Crippen LogP contribution is 2.40. The summed E-state index contributed by atoms with van der Waals surface area (Å²) in [6.45, 7) is 3.98. The molecule has 0 atom stereocenters. The normalized spacial score (nSPS) is 12.6. The lowest BCUT2D eigenvalue weighted by Crippen LogP contribution is -2.09. The molecule has 0 aliphatic carbocycles. The first kappa shape index (κ1) is 21.4. The van der Waals surface area contributed by atoms with E-state index in [-0.39, 0.29) is 0 Å². The molecule has 158 valence electrons. The Bertz CT molecular complexity index is 1250. The first-order valence-electron chi connectivity index (χ1n) is 10.2. The average molecular weight is 440 g/mol. The summed E-state index contributed by atoms with van der Waals surface area (Å²) in [6.07, 6.45) is 5.18. The number of allylic oxidation sites excluding steroid dienone is 1. The fraction of sp³-hybridized carbons (Fsp3) is 0.200. The van der Waals surface area contributed by atoms with E-state index in [1.165, 1.54) is 6.08 Å². The van der Waals surface area contributed by atoms with Gasteiger partial charge in [-0.2, -0.15) is 15.5 Å². The Hall–Kier alpha value is -3.81. The van der Waals surface area contributed by atoms with Crippen LogP contribution in [0, 0.1) is 36.5 Å². The van der Waals surface area contributed by atoms with Crippen molar-refractivity contribution in [1.82, 2.24) is 9.97 Å². The SMILES string of the molecule is Cc1cc(C=CC#N)cc(C)c1Oc1nc(Nc2ccc(C#N)cc2)nc2c1SCCC2. The maximum Gasteiger partial charge on any atom is 0.238 e. The Morgan fingerprint density at radius 1 is 1.09 bits per heavy atom. The van der Waals surface area contributed by atoms with Crippen LogP contribution in [0.4, 0.5) is 11.6 Å². The van der Waals surface area contributed by atoms with Gasteiger partial charge in [0.15, 0.2) is 0 Å². The molecule has 0 fully saturated rings. The molecule has 1 aliphatic heterocycles. The molecule has 4 rings (SSSR count). The number of nitrogens with one attached hydrogen (secondary N) is 1. The number of rotatable bonds is 5. The third kappa shape index (κ3) is 4.74. The van der Waals surface area contributed by atoms with Crippen LogP contribution in [-0.4, -0.2) is 15.7 Å². The molecule has 6 nitrogen and oxygen atoms in total. The average Bonchev–Trinajstić information content (AvgIpc) is 2.80. The molecular weight excluding hydrogens is 418 g/mol. The molecule has 7 heteroatoms. The minimum absolute atomic E-state index is 0.467. The topological polar surface area (TPSA) is 94.6 Å². The summed E-state index contributed by atoms with van der Waals surface area (Å²) >= 11 is 1.72. The number of fused-ring (bicyclic) bond motifs is 1. The zero-order chi connectivity index (χ0) is 22.5. The largest absolute Gasteiger partial charge is 0.437 e. The van der Waals surface area contributed by atoms with Crippen LogP contribution in [0.3, 0.4) is 0 Å². The third-order valence-electron chi connectivity index (χ3n) is 5.01. The van der Waals surface area contributed by atoms with Crippen molar-refractivity contribution in [1.29, 1.82) is 10.5 Å². The Morgan fingerprint density at radius 3 is 2.53 bits per heavy atom. The number of aryl methyl sites for hydroxylation is 3. The zero-order valence-corrected chi connectivity index (χ0v) is 18.7. The Kier molecular flexibility index (Phi) is 6.39. The number of nitriles is 2. The van der Waals surface area contributed by atoms with Crippen LogP contribution in [-0.2, 0) is 6.42 Å². The fourth-order valence-corrected chi connectivity index (χ4v) is 4.57. The molecule has 0 radical (unpaired) electrons. The predicted molar refractivity (Wildman–Crippen MR) is 126 cm³/mol. The second-order valence-electron chi connectivity index (χ2n) is 7.44. The minimum Gasteiger partial charge on any atom is -0.437 e. The Morgan fingerprint density at radius 2 is 1.84 bits per heavy atom. The second-order valence-corrected chi connectivity index (χ2v) is 8.55. The Labute approximate surface area is 191 Å². The van der Waals surface area contributed by atoms with Crippen LogP contribution in [0.2, 0.25) is 0 Å². The van der Waals surface area contributed by atoms with E-state index in [4.69, 9.17) is 20.2 Å². The number of anilines is 2. The van der Waals surface area contributed by atoms with Crippen LogP contribution >= 0.6 is 11.8 Å². The molecule has 0 spiro atoms. The van der Waals surface area contributed by atoms with Crippen molar-refractivity contribution in [3.8, 4) is 23.8 Å². The van der Waals surface area contributed by atoms with Gasteiger partial charge in [-0.1, -0.05) is 0 Å². The van der Waals surface area contributed by atoms with Gasteiger partial charge in [-0.15, -0.1) is 11.8 Å². The zero-order valence-electron chi connectivity index (χ0n) is 17.8. The van der Waals surface area contributed by atoms with Gasteiger partial charge < -0.3 is 10.1 Å². The van der Waals surface area contributed by atoms with Crippen molar-refractivity contribution in [3.05, 3.63) is 70.4 Å². The van der Waals surface area contributed by atoms with Gasteiger partial charge in [0, 0.05) is 11.8 Å². The van der Waals surface area contributed by atoms with Crippen molar-refractivity contribution in [2.24, 2.45) is 0 Å². The number of ether oxygens (including phenoxy) is 1. The highest BCUT2D eigenvalue weighted by Gasteiger charge is 2.21. The minimum atomic E-state index is 0.467. The second kappa shape index (κ2) is 9.55. The fourth-order valence-electron chi connectivity index (χ4n) is 3.56. The van der Waals surface area contributed by atoms with Crippen LogP contribution < -0.4 is 10.1 Å². The first-order valence-corrected chi connectivity index (χ1v) is 11.2. The van der Waals surface area contributed by atoms with Crippen LogP contribution in [0.15, 0.2) is 47.4 Å². The first-order chi connectivity index (χ1) is 15.6. The summed E-state index contributed by atoms with van der Waals surface area (Å²) in [6, 6.07) is 15.3. The van der Waals surface area contributed by atoms with E-state index in [9.17, 15) is 0 Å². The number of nitrogens with zero attached hydrogens (tertiary/aromatic N) is 4. The van der Waals surface area contributed by atoms with Crippen molar-refractivity contribution < 1.29 is 4.74 Å². The summed E-state index contributed by atoms with van der Waals surface area (Å²) in [4.78, 5) is 10.4. The highest BCUT2D eigenvalue weighted by atomic mass is 32.2. The van der Waals surface area contributed by atoms with E-state index in [1.54, 1.807) is 30.0 Å². The van der Waals surface area contributed by atoms with Gasteiger partial charge in [-0.3, -0.25) is 0 Å². The predicted octanol–water partition coefficient (Wildman–Crippen LogP) is 6.08. The molecule has 0 amide bonds. The van der Waals surface area contributed by atoms with Crippen molar-refractivity contribution in [2.75, 3.05) is 11.1 Å². The van der Waals surface area contributed by atoms with Gasteiger partial charge >= 0.3 is 0 Å². The summed E-state index contributed by atoms with van der Waals surface area (Å²) in [5.41, 5.74) is 5.28. The summed E-state index contributed by atoms with van der Waals surface area (Å²) in [5.74, 6) is 2.78. The summed E-state index contributed by atoms with van der Waals surface area (Å²) < 4.78 is 6.37. The number of hydrogen-bond acceptors (Lipinski definition) is 7. The van der Waals surface area contributed by atoms with E-state index in [1.807, 2.05) is 44.2 Å². The highest BCUT2D eigenvalue weighted by molar-refractivity contribution is 7.99. The molecule has 1 aliphatic rings. The van der Waals surface area contributed by atoms with Gasteiger partial charge in [0.2, 0.25) is 11.8 Å². The van der Waals surface area contributed by atoms with Crippen LogP contribution in [0.5, 0.6) is 11.6 Å². The smallest absolute Gasteiger partial charge is 0.238 e. The molecular formula is C25H21N5OS. The summed E-state index contributed by atoms with van der Waals surface area (Å²) in [5, 5.41) is 21.0. The maximum atomic E-state index is 9.00. The van der Waals surface area contributed by atoms with E-state index < -0.39 is 0 Å². The molecule has 3 aromatic rings. The molecule has 32 heavy (non-hydrogen) atoms. The molecule has 0 bridgehead atoms. The lowest BCUT2D eigenvalue weighted by molar-refractivity contribution is 0.440. The number of hydrogen-bond donors (Lipinski definition) is 1. The van der Waals surface area contributed by atoms with Crippen molar-refractivity contribution >= 4 is 29.5 Å². The monoisotopic (exact) mass is 439 g/mol. The van der Waals surface area contributed by atoms with Crippen molar-refractivity contribution in [3.63, 3.8) is 0 Å². The van der Waals surface area contributed by atoms with E-state index >= 15 is 0 Å². The standard InChI is InChI=1S/C25H21N5OS/c1-16-13-19(5-3-11-26)14-17(2)22(16)31-24-23-21(6-4-12-32-23)29-25(30-24)28-20-9-7-18(15-27)8-10-20/h3,5,7-10,13-14H,4,6,12H2,1-2H3,(H,28,29,30). The molecule has 2 heterocycles. The number of benzene rings is 2. The van der Waals surface area contributed by atoms with Gasteiger partial charge in [0.1, 0.15) is 5.75 Å². The van der Waals surface area contributed by atoms with Gasteiger partial charge in [0.25, 0.3) is 0 Å². The van der Waals surface area contributed by atoms with E-state index in [0.29, 0.717) is 17.4 Å². The lowest BCUT2D eigenvalue weighted by atomic mass is 10.1. The summed E-state index contributed by atoms with van der Waals surface area (Å²) in [7, 11) is 0. The molecule has 1 aromatic heterocycles. The van der Waals surface area contributed by atoms with Gasteiger partial charge in [-0.05, 0) is 91.6 Å². The van der Waals surface area contributed by atoms with E-state index in [2.05, 4.69) is 16.4 Å². The van der Waals surface area contributed by atoms with Crippen LogP contribution in [0.1, 0.15) is 34.4 Å². The molecule has 0 saturated heterocycles. The maximum absolute atomic E-state index is 9.00. The number of aromatic nitrogens is 2. The molecule has 0 unspecified atom stereocenters. The quantitative estimate of drug-likeness (QED) is 0.482. The van der Waals surface area contributed by atoms with Crippen molar-refractivity contribution in [2.45, 2.75) is 31.6 Å². The van der Waals surface area contributed by atoms with E-state index in [0.717, 1.165) is 57.3 Å². The third-order valence-corrected chi connectivity index (χ3v) is 6.20. The Balaban J connectivity index is 1.69. The molecule has 1 N–H and O–H groups in total. The number of thioether (sulfide) groups is 1. The molecule has 0 saturated carbocycles. The molecule has 2 aromatic carbocycles. The lowest BCUT2D eigenvalue weighted by Gasteiger charge is -2.20.